The lowest BCUT2D eigenvalue weighted by atomic mass is 10.1. The maximum Gasteiger partial charge on any atom is 0.416 e. The highest BCUT2D eigenvalue weighted by Crippen LogP contribution is 2.31. The van der Waals surface area contributed by atoms with Crippen LogP contribution in [0, 0.1) is 0 Å². The molecule has 0 aliphatic heterocycles. The summed E-state index contributed by atoms with van der Waals surface area (Å²) in [4.78, 5) is 20.6. The van der Waals surface area contributed by atoms with Crippen molar-refractivity contribution in [1.82, 2.24) is 5.32 Å². The number of nitrogens with one attached hydrogen (secondary N) is 1. The van der Waals surface area contributed by atoms with Gasteiger partial charge in [-0.15, -0.1) is 0 Å². The van der Waals surface area contributed by atoms with Gasteiger partial charge in [-0.25, -0.2) is 0 Å². The van der Waals surface area contributed by atoms with Crippen molar-refractivity contribution < 1.29 is 22.8 Å². The quantitative estimate of drug-likeness (QED) is 0.633. The highest BCUT2D eigenvalue weighted by molar-refractivity contribution is 6.23. The van der Waals surface area contributed by atoms with Gasteiger partial charge in [0.25, 0.3) is 5.91 Å². The number of carbonyl (C=O) groups is 2. The second-order valence-corrected chi connectivity index (χ2v) is 2.99. The van der Waals surface area contributed by atoms with E-state index in [9.17, 15) is 22.8 Å². The summed E-state index contributed by atoms with van der Waals surface area (Å²) in [6.45, 7) is -0.326. The van der Waals surface area contributed by atoms with E-state index in [0.29, 0.717) is 0 Å². The van der Waals surface area contributed by atoms with Crippen LogP contribution in [0.3, 0.4) is 0 Å². The molecule has 0 radical (unpaired) electrons. The van der Waals surface area contributed by atoms with Crippen molar-refractivity contribution in [2.75, 3.05) is 0 Å². The molecule has 0 bridgehead atoms. The van der Waals surface area contributed by atoms with Crippen LogP contribution < -0.4 is 5.32 Å². The summed E-state index contributed by atoms with van der Waals surface area (Å²) in [5.74, 6) is -0.947. The molecule has 0 aliphatic rings. The van der Waals surface area contributed by atoms with Gasteiger partial charge in [-0.2, -0.15) is 13.2 Å². The zero-order valence-electron chi connectivity index (χ0n) is 8.04. The minimum absolute atomic E-state index is 0.0101. The van der Waals surface area contributed by atoms with Crippen LogP contribution in [0.4, 0.5) is 13.2 Å². The Morgan fingerprint density at radius 1 is 1.31 bits per heavy atom. The second kappa shape index (κ2) is 4.78. The van der Waals surface area contributed by atoms with E-state index in [4.69, 9.17) is 0 Å². The van der Waals surface area contributed by atoms with Crippen LogP contribution in [0.15, 0.2) is 24.3 Å². The van der Waals surface area contributed by atoms with Crippen molar-refractivity contribution in [2.45, 2.75) is 12.7 Å². The van der Waals surface area contributed by atoms with E-state index in [1.807, 2.05) is 0 Å². The SMILES string of the molecule is O=CC(=O)NCc1ccccc1C(F)(F)F. The van der Waals surface area contributed by atoms with Crippen LogP contribution in [0.1, 0.15) is 11.1 Å². The van der Waals surface area contributed by atoms with Crippen molar-refractivity contribution in [1.29, 1.82) is 0 Å². The lowest BCUT2D eigenvalue weighted by molar-refractivity contribution is -0.138. The molecule has 1 amide bonds. The topological polar surface area (TPSA) is 46.2 Å². The molecule has 0 aromatic heterocycles. The van der Waals surface area contributed by atoms with Crippen LogP contribution in [-0.2, 0) is 22.3 Å². The molecule has 0 fully saturated rings. The summed E-state index contributed by atoms with van der Waals surface area (Å²) in [5.41, 5.74) is -0.897. The number of amides is 1. The fourth-order valence-electron chi connectivity index (χ4n) is 1.18. The molecule has 1 rings (SSSR count). The Bertz CT molecular complexity index is 401. The number of hydrogen-bond acceptors (Lipinski definition) is 2. The van der Waals surface area contributed by atoms with Crippen molar-refractivity contribution in [3.8, 4) is 0 Å². The molecule has 1 aromatic carbocycles. The van der Waals surface area contributed by atoms with Gasteiger partial charge in [-0.05, 0) is 11.6 Å². The molecule has 1 N–H and O–H groups in total. The number of halogens is 3. The summed E-state index contributed by atoms with van der Waals surface area (Å²) in [6.07, 6.45) is -4.46. The molecule has 0 spiro atoms. The zero-order chi connectivity index (χ0) is 12.2. The predicted molar refractivity (Wildman–Crippen MR) is 49.4 cm³/mol. The number of alkyl halides is 3. The van der Waals surface area contributed by atoms with Gasteiger partial charge in [0, 0.05) is 6.54 Å². The summed E-state index contributed by atoms with van der Waals surface area (Å²) >= 11 is 0. The molecule has 0 heterocycles. The third-order valence-corrected chi connectivity index (χ3v) is 1.88. The van der Waals surface area contributed by atoms with E-state index in [-0.39, 0.29) is 18.4 Å². The molecule has 1 aromatic rings. The number of hydrogen-bond donors (Lipinski definition) is 1. The largest absolute Gasteiger partial charge is 0.416 e. The number of benzene rings is 1. The van der Waals surface area contributed by atoms with E-state index in [1.54, 1.807) is 0 Å². The Morgan fingerprint density at radius 3 is 2.50 bits per heavy atom. The van der Waals surface area contributed by atoms with Crippen molar-refractivity contribution in [2.24, 2.45) is 0 Å². The van der Waals surface area contributed by atoms with Gasteiger partial charge >= 0.3 is 6.18 Å². The molecular formula is C10H8F3NO2. The summed E-state index contributed by atoms with van der Waals surface area (Å²) in [6, 6.07) is 4.85. The average molecular weight is 231 g/mol. The second-order valence-electron chi connectivity index (χ2n) is 2.99. The van der Waals surface area contributed by atoms with Crippen LogP contribution in [0.25, 0.3) is 0 Å². The average Bonchev–Trinajstić information content (AvgIpc) is 2.25. The Hall–Kier alpha value is -1.85. The van der Waals surface area contributed by atoms with Gasteiger partial charge in [0.2, 0.25) is 6.29 Å². The monoisotopic (exact) mass is 231 g/mol. The maximum atomic E-state index is 12.5. The minimum Gasteiger partial charge on any atom is -0.346 e. The molecule has 6 heteroatoms. The first-order chi connectivity index (χ1) is 7.45. The first-order valence-electron chi connectivity index (χ1n) is 4.33. The van der Waals surface area contributed by atoms with E-state index >= 15 is 0 Å². The molecule has 86 valence electrons. The Labute approximate surface area is 89.3 Å². The molecule has 0 saturated carbocycles. The molecule has 0 aliphatic carbocycles. The minimum atomic E-state index is -4.47. The Balaban J connectivity index is 2.87. The summed E-state index contributed by atoms with van der Waals surface area (Å²) in [7, 11) is 0. The molecule has 0 atom stereocenters. The fraction of sp³-hybridized carbons (Fsp3) is 0.200. The summed E-state index contributed by atoms with van der Waals surface area (Å²) in [5, 5.41) is 2.05. The highest BCUT2D eigenvalue weighted by atomic mass is 19.4. The van der Waals surface area contributed by atoms with Crippen LogP contribution >= 0.6 is 0 Å². The van der Waals surface area contributed by atoms with Crippen molar-refractivity contribution in [3.05, 3.63) is 35.4 Å². The van der Waals surface area contributed by atoms with Crippen LogP contribution in [-0.4, -0.2) is 12.2 Å². The maximum absolute atomic E-state index is 12.5. The van der Waals surface area contributed by atoms with Crippen molar-refractivity contribution in [3.63, 3.8) is 0 Å². The highest BCUT2D eigenvalue weighted by Gasteiger charge is 2.32. The van der Waals surface area contributed by atoms with E-state index in [1.165, 1.54) is 18.2 Å². The van der Waals surface area contributed by atoms with E-state index < -0.39 is 17.6 Å². The smallest absolute Gasteiger partial charge is 0.346 e. The predicted octanol–water partition coefficient (Wildman–Crippen LogP) is 1.52. The van der Waals surface area contributed by atoms with Crippen LogP contribution in [0.2, 0.25) is 0 Å². The lowest BCUT2D eigenvalue weighted by Gasteiger charge is -2.12. The molecule has 3 nitrogen and oxygen atoms in total. The third-order valence-electron chi connectivity index (χ3n) is 1.88. The zero-order valence-corrected chi connectivity index (χ0v) is 8.04. The van der Waals surface area contributed by atoms with Gasteiger partial charge < -0.3 is 5.32 Å². The summed E-state index contributed by atoms with van der Waals surface area (Å²) < 4.78 is 37.4. The molecule has 16 heavy (non-hydrogen) atoms. The number of carbonyl (C=O) groups excluding carboxylic acids is 2. The van der Waals surface area contributed by atoms with Gasteiger partial charge in [-0.3, -0.25) is 9.59 Å². The lowest BCUT2D eigenvalue weighted by Crippen LogP contribution is -2.25. The number of rotatable bonds is 3. The van der Waals surface area contributed by atoms with E-state index in [2.05, 4.69) is 5.32 Å². The first-order valence-corrected chi connectivity index (χ1v) is 4.33. The van der Waals surface area contributed by atoms with Gasteiger partial charge in [-0.1, -0.05) is 18.2 Å². The Morgan fingerprint density at radius 2 is 1.94 bits per heavy atom. The van der Waals surface area contributed by atoms with Gasteiger partial charge in [0.1, 0.15) is 0 Å². The number of aldehydes is 1. The van der Waals surface area contributed by atoms with Crippen LogP contribution in [0.5, 0.6) is 0 Å². The van der Waals surface area contributed by atoms with Gasteiger partial charge in [0.15, 0.2) is 0 Å². The Kier molecular flexibility index (Phi) is 3.65. The standard InChI is InChI=1S/C10H8F3NO2/c11-10(12,13)8-4-2-1-3-7(8)5-14-9(16)6-15/h1-4,6H,5H2,(H,14,16). The van der Waals surface area contributed by atoms with E-state index in [0.717, 1.165) is 6.07 Å². The van der Waals surface area contributed by atoms with Crippen molar-refractivity contribution >= 4 is 12.2 Å². The molecule has 0 saturated heterocycles. The van der Waals surface area contributed by atoms with Gasteiger partial charge in [0.05, 0.1) is 5.56 Å². The normalized spacial score (nSPS) is 10.9. The molecular weight excluding hydrogens is 223 g/mol. The first kappa shape index (κ1) is 12.2. The third kappa shape index (κ3) is 3.08. The fourth-order valence-corrected chi connectivity index (χ4v) is 1.18. The molecule has 0 unspecified atom stereocenters.